The van der Waals surface area contributed by atoms with Crippen molar-refractivity contribution in [3.05, 3.63) is 66.0 Å². The van der Waals surface area contributed by atoms with Gasteiger partial charge in [0.1, 0.15) is 42.5 Å². The zero-order chi connectivity index (χ0) is 32.9. The lowest BCUT2D eigenvalue weighted by Crippen LogP contribution is -2.58. The molecule has 4 rings (SSSR count). The van der Waals surface area contributed by atoms with Gasteiger partial charge in [0.05, 0.1) is 18.6 Å². The van der Waals surface area contributed by atoms with Gasteiger partial charge in [0, 0.05) is 6.54 Å². The molecule has 0 bridgehead atoms. The molecular weight excluding hydrogens is 583 g/mol. The number of benzene rings is 2. The highest BCUT2D eigenvalue weighted by atomic mass is 19.1. The fourth-order valence-corrected chi connectivity index (χ4v) is 5.62. The first kappa shape index (κ1) is 33.5. The summed E-state index contributed by atoms with van der Waals surface area (Å²) in [5.74, 6) is -0.728. The van der Waals surface area contributed by atoms with Crippen LogP contribution < -0.4 is 15.4 Å². The van der Waals surface area contributed by atoms with Gasteiger partial charge in [0.25, 0.3) is 0 Å². The van der Waals surface area contributed by atoms with Crippen LogP contribution >= 0.6 is 0 Å². The SMILES string of the molecule is CC(C)(C)OC(=O)NCC(=O)N1C[C@H](Oc2ccc(F)cc2)[C@@H]2[C@H]1CCN2C(=O)C(NC(=O)OCc1ccccc1)C(C)(C)C. The molecule has 45 heavy (non-hydrogen) atoms. The quantitative estimate of drug-likeness (QED) is 0.449. The van der Waals surface area contributed by atoms with Crippen molar-refractivity contribution >= 4 is 24.0 Å². The van der Waals surface area contributed by atoms with Crippen molar-refractivity contribution in [3.63, 3.8) is 0 Å². The fraction of sp³-hybridized carbons (Fsp3) is 0.515. The van der Waals surface area contributed by atoms with Crippen LogP contribution in [0.15, 0.2) is 54.6 Å². The second-order valence-corrected chi connectivity index (χ2v) is 13.4. The smallest absolute Gasteiger partial charge is 0.408 e. The van der Waals surface area contributed by atoms with Gasteiger partial charge in [0.2, 0.25) is 11.8 Å². The molecule has 4 amide bonds. The Morgan fingerprint density at radius 2 is 1.60 bits per heavy atom. The zero-order valence-electron chi connectivity index (χ0n) is 26.7. The van der Waals surface area contributed by atoms with E-state index >= 15 is 0 Å². The van der Waals surface area contributed by atoms with E-state index in [1.165, 1.54) is 24.3 Å². The summed E-state index contributed by atoms with van der Waals surface area (Å²) in [6.07, 6.45) is -1.62. The number of fused-ring (bicyclic) bond motifs is 1. The molecule has 12 heteroatoms. The number of nitrogens with zero attached hydrogens (tertiary/aromatic N) is 2. The Morgan fingerprint density at radius 1 is 0.933 bits per heavy atom. The Labute approximate surface area is 263 Å². The first-order chi connectivity index (χ1) is 21.1. The maximum Gasteiger partial charge on any atom is 0.408 e. The topological polar surface area (TPSA) is 127 Å². The Morgan fingerprint density at radius 3 is 2.22 bits per heavy atom. The summed E-state index contributed by atoms with van der Waals surface area (Å²) in [6, 6.07) is 12.8. The Balaban J connectivity index is 1.51. The van der Waals surface area contributed by atoms with Gasteiger partial charge >= 0.3 is 12.2 Å². The van der Waals surface area contributed by atoms with Crippen molar-refractivity contribution in [1.82, 2.24) is 20.4 Å². The molecular formula is C33H43FN4O7. The molecule has 2 fully saturated rings. The summed E-state index contributed by atoms with van der Waals surface area (Å²) >= 11 is 0. The van der Waals surface area contributed by atoms with Crippen LogP contribution in [-0.4, -0.2) is 83.3 Å². The molecule has 2 heterocycles. The van der Waals surface area contributed by atoms with E-state index in [2.05, 4.69) is 10.6 Å². The molecule has 2 aromatic rings. The predicted octanol–water partition coefficient (Wildman–Crippen LogP) is 4.25. The molecule has 2 N–H and O–H groups in total. The summed E-state index contributed by atoms with van der Waals surface area (Å²) in [4.78, 5) is 55.9. The average Bonchev–Trinajstić information content (AvgIpc) is 3.55. The van der Waals surface area contributed by atoms with Crippen LogP contribution in [0, 0.1) is 11.2 Å². The van der Waals surface area contributed by atoms with Gasteiger partial charge in [-0.15, -0.1) is 0 Å². The number of likely N-dealkylation sites (tertiary alicyclic amines) is 2. The number of ether oxygens (including phenoxy) is 3. The third-order valence-corrected chi connectivity index (χ3v) is 7.65. The minimum absolute atomic E-state index is 0.0497. The number of halogens is 1. The van der Waals surface area contributed by atoms with E-state index in [-0.39, 0.29) is 31.5 Å². The van der Waals surface area contributed by atoms with Gasteiger partial charge in [-0.2, -0.15) is 0 Å². The largest absolute Gasteiger partial charge is 0.486 e. The Bertz CT molecular complexity index is 1360. The van der Waals surface area contributed by atoms with E-state index in [0.29, 0.717) is 18.7 Å². The lowest BCUT2D eigenvalue weighted by atomic mass is 9.85. The van der Waals surface area contributed by atoms with Gasteiger partial charge in [-0.05, 0) is 62.4 Å². The van der Waals surface area contributed by atoms with Gasteiger partial charge in [-0.25, -0.2) is 14.0 Å². The van der Waals surface area contributed by atoms with Crippen molar-refractivity contribution in [1.29, 1.82) is 0 Å². The second kappa shape index (κ2) is 13.7. The van der Waals surface area contributed by atoms with E-state index in [1.54, 1.807) is 30.6 Å². The van der Waals surface area contributed by atoms with Crippen LogP contribution in [0.3, 0.4) is 0 Å². The fourth-order valence-electron chi connectivity index (χ4n) is 5.62. The molecule has 244 valence electrons. The van der Waals surface area contributed by atoms with Crippen molar-refractivity contribution in [2.24, 2.45) is 5.41 Å². The Hall–Kier alpha value is -4.35. The molecule has 0 aliphatic carbocycles. The summed E-state index contributed by atoms with van der Waals surface area (Å²) in [5.41, 5.74) is -0.594. The van der Waals surface area contributed by atoms with Crippen LogP contribution in [-0.2, 0) is 25.7 Å². The average molecular weight is 627 g/mol. The molecule has 11 nitrogen and oxygen atoms in total. The lowest BCUT2D eigenvalue weighted by molar-refractivity contribution is -0.138. The highest BCUT2D eigenvalue weighted by molar-refractivity contribution is 5.88. The third kappa shape index (κ3) is 8.86. The standard InChI is InChI=1S/C33H43FN4O7/c1-32(2,3)28(36-31(42)43-20-21-10-8-7-9-11-21)29(40)37-17-16-24-27(37)25(44-23-14-12-22(34)13-15-23)19-38(24)26(39)18-35-30(41)45-33(4,5)6/h7-15,24-25,27-28H,16-20H2,1-6H3,(H,35,41)(H,36,42)/t24-,25+,27+,28?/m1/s1. The number of amides is 4. The van der Waals surface area contributed by atoms with Crippen molar-refractivity contribution in [2.75, 3.05) is 19.6 Å². The van der Waals surface area contributed by atoms with Crippen molar-refractivity contribution in [3.8, 4) is 5.75 Å². The molecule has 2 aliphatic heterocycles. The number of alkyl carbamates (subject to hydrolysis) is 2. The molecule has 4 atom stereocenters. The van der Waals surface area contributed by atoms with Crippen LogP contribution in [0.25, 0.3) is 0 Å². The monoisotopic (exact) mass is 626 g/mol. The van der Waals surface area contributed by atoms with Crippen LogP contribution in [0.1, 0.15) is 53.5 Å². The van der Waals surface area contributed by atoms with Gasteiger partial charge in [0.15, 0.2) is 0 Å². The second-order valence-electron chi connectivity index (χ2n) is 13.4. The number of hydrogen-bond acceptors (Lipinski definition) is 7. The normalized spacial score (nSPS) is 20.2. The van der Waals surface area contributed by atoms with Crippen LogP contribution in [0.5, 0.6) is 5.75 Å². The number of hydrogen-bond donors (Lipinski definition) is 2. The number of carbonyl (C=O) groups excluding carboxylic acids is 4. The van der Waals surface area contributed by atoms with Crippen LogP contribution in [0.4, 0.5) is 14.0 Å². The first-order valence-electron chi connectivity index (χ1n) is 15.1. The molecule has 0 aromatic heterocycles. The number of nitrogens with one attached hydrogen (secondary N) is 2. The van der Waals surface area contributed by atoms with E-state index in [1.807, 2.05) is 51.1 Å². The minimum Gasteiger partial charge on any atom is -0.486 e. The molecule has 0 radical (unpaired) electrons. The minimum atomic E-state index is -0.940. The summed E-state index contributed by atoms with van der Waals surface area (Å²) < 4.78 is 30.5. The first-order valence-corrected chi connectivity index (χ1v) is 15.1. The highest BCUT2D eigenvalue weighted by Crippen LogP contribution is 2.36. The number of carbonyl (C=O) groups is 4. The van der Waals surface area contributed by atoms with Crippen molar-refractivity contribution < 1.29 is 37.8 Å². The molecule has 1 unspecified atom stereocenters. The summed E-state index contributed by atoms with van der Waals surface area (Å²) in [6.45, 7) is 10.9. The number of rotatable bonds is 8. The molecule has 0 saturated carbocycles. The predicted molar refractivity (Wildman–Crippen MR) is 164 cm³/mol. The molecule has 2 aromatic carbocycles. The van der Waals surface area contributed by atoms with E-state index in [4.69, 9.17) is 14.2 Å². The van der Waals surface area contributed by atoms with Gasteiger partial charge < -0.3 is 34.6 Å². The maximum atomic E-state index is 14.2. The van der Waals surface area contributed by atoms with E-state index < -0.39 is 53.2 Å². The molecule has 0 spiro atoms. The van der Waals surface area contributed by atoms with Gasteiger partial charge in [-0.3, -0.25) is 9.59 Å². The van der Waals surface area contributed by atoms with E-state index in [0.717, 1.165) is 5.56 Å². The summed E-state index contributed by atoms with van der Waals surface area (Å²) in [5, 5.41) is 5.27. The molecule has 2 aliphatic rings. The van der Waals surface area contributed by atoms with E-state index in [9.17, 15) is 23.6 Å². The zero-order valence-corrected chi connectivity index (χ0v) is 26.7. The van der Waals surface area contributed by atoms with Gasteiger partial charge in [-0.1, -0.05) is 51.1 Å². The Kier molecular flexibility index (Phi) is 10.2. The lowest BCUT2D eigenvalue weighted by Gasteiger charge is -2.36. The third-order valence-electron chi connectivity index (χ3n) is 7.65. The summed E-state index contributed by atoms with van der Waals surface area (Å²) in [7, 11) is 0. The maximum absolute atomic E-state index is 14.2. The molecule has 2 saturated heterocycles. The highest BCUT2D eigenvalue weighted by Gasteiger charge is 2.54. The van der Waals surface area contributed by atoms with Crippen molar-refractivity contribution in [2.45, 2.75) is 84.4 Å². The van der Waals surface area contributed by atoms with Crippen LogP contribution in [0.2, 0.25) is 0 Å².